The third-order valence-corrected chi connectivity index (χ3v) is 5.45. The summed E-state index contributed by atoms with van der Waals surface area (Å²) in [5, 5.41) is 23.6. The lowest BCUT2D eigenvalue weighted by Crippen LogP contribution is -2.29. The minimum Gasteiger partial charge on any atom is -0.486 e. The molecule has 0 aliphatic carbocycles. The predicted molar refractivity (Wildman–Crippen MR) is 118 cm³/mol. The van der Waals surface area contributed by atoms with Gasteiger partial charge in [0.05, 0.1) is 29.6 Å². The van der Waals surface area contributed by atoms with Crippen molar-refractivity contribution in [2.24, 2.45) is 0 Å². The summed E-state index contributed by atoms with van der Waals surface area (Å²) in [5.41, 5.74) is 2.93. The summed E-state index contributed by atoms with van der Waals surface area (Å²) in [7, 11) is 0. The number of nitrogens with zero attached hydrogens (tertiary/aromatic N) is 5. The molecule has 0 saturated carbocycles. The van der Waals surface area contributed by atoms with Crippen LogP contribution in [0.15, 0.2) is 36.8 Å². The quantitative estimate of drug-likeness (QED) is 0.665. The molecular weight excluding hydrogens is 402 g/mol. The summed E-state index contributed by atoms with van der Waals surface area (Å²) in [4.78, 5) is 6.99. The molecule has 7 nitrogen and oxygen atoms in total. The average molecular weight is 428 g/mol. The highest BCUT2D eigenvalue weighted by molar-refractivity contribution is 5.85. The van der Waals surface area contributed by atoms with Crippen molar-refractivity contribution in [3.05, 3.63) is 42.4 Å². The number of halogens is 1. The fourth-order valence-corrected chi connectivity index (χ4v) is 3.63. The van der Waals surface area contributed by atoms with E-state index < -0.39 is 6.10 Å². The van der Waals surface area contributed by atoms with Gasteiger partial charge in [-0.2, -0.15) is 10.4 Å². The number of pyridine rings is 2. The molecule has 0 unspecified atom stereocenters. The van der Waals surface area contributed by atoms with Crippen molar-refractivity contribution >= 4 is 23.7 Å². The van der Waals surface area contributed by atoms with Crippen LogP contribution >= 0.6 is 12.4 Å². The summed E-state index contributed by atoms with van der Waals surface area (Å²) in [5.74, 6) is 1.56. The normalized spacial score (nSPS) is 15.9. The van der Waals surface area contributed by atoms with Crippen LogP contribution in [-0.4, -0.2) is 45.0 Å². The smallest absolute Gasteiger partial charge is 0.138 e. The first-order valence-electron chi connectivity index (χ1n) is 10.0. The van der Waals surface area contributed by atoms with Gasteiger partial charge < -0.3 is 14.7 Å². The van der Waals surface area contributed by atoms with Crippen molar-refractivity contribution in [2.45, 2.75) is 45.3 Å². The van der Waals surface area contributed by atoms with Gasteiger partial charge in [-0.15, -0.1) is 12.4 Å². The van der Waals surface area contributed by atoms with E-state index in [1.807, 2.05) is 31.3 Å². The van der Waals surface area contributed by atoms with Gasteiger partial charge >= 0.3 is 0 Å². The van der Waals surface area contributed by atoms with E-state index in [1.54, 1.807) is 23.8 Å². The molecule has 0 aromatic carbocycles. The Bertz CT molecular complexity index is 1040. The van der Waals surface area contributed by atoms with Crippen LogP contribution in [0.5, 0.6) is 5.75 Å². The summed E-state index contributed by atoms with van der Waals surface area (Å²) in [6.45, 7) is 5.58. The van der Waals surface area contributed by atoms with Crippen LogP contribution in [0.3, 0.4) is 0 Å². The summed E-state index contributed by atoms with van der Waals surface area (Å²) >= 11 is 0. The number of hydrogen-bond donors (Lipinski definition) is 1. The maximum atomic E-state index is 9.77. The highest BCUT2D eigenvalue weighted by Crippen LogP contribution is 2.32. The van der Waals surface area contributed by atoms with Crippen LogP contribution in [-0.2, 0) is 0 Å². The number of rotatable bonds is 5. The first-order valence-corrected chi connectivity index (χ1v) is 10.0. The lowest BCUT2D eigenvalue weighted by molar-refractivity contribution is 0.0601. The molecule has 30 heavy (non-hydrogen) atoms. The van der Waals surface area contributed by atoms with E-state index in [9.17, 15) is 10.4 Å². The summed E-state index contributed by atoms with van der Waals surface area (Å²) < 4.78 is 7.53. The van der Waals surface area contributed by atoms with Crippen molar-refractivity contribution < 1.29 is 9.84 Å². The number of piperidine rings is 1. The molecular formula is C22H26ClN5O2. The Morgan fingerprint density at radius 3 is 2.57 bits per heavy atom. The highest BCUT2D eigenvalue weighted by atomic mass is 35.5. The van der Waals surface area contributed by atoms with E-state index in [0.29, 0.717) is 11.3 Å². The van der Waals surface area contributed by atoms with Gasteiger partial charge in [0.25, 0.3) is 0 Å². The Morgan fingerprint density at radius 1 is 1.17 bits per heavy atom. The number of aromatic nitrogens is 3. The molecule has 1 saturated heterocycles. The number of ether oxygens (including phenoxy) is 1. The maximum Gasteiger partial charge on any atom is 0.138 e. The van der Waals surface area contributed by atoms with Crippen LogP contribution in [0.25, 0.3) is 16.6 Å². The molecule has 1 aliphatic heterocycles. The molecule has 0 bridgehead atoms. The van der Waals surface area contributed by atoms with Gasteiger partial charge in [-0.3, -0.25) is 0 Å². The van der Waals surface area contributed by atoms with Crippen LogP contribution in [0.4, 0.5) is 5.82 Å². The zero-order valence-electron chi connectivity index (χ0n) is 17.2. The van der Waals surface area contributed by atoms with Crippen molar-refractivity contribution in [3.63, 3.8) is 0 Å². The van der Waals surface area contributed by atoms with Crippen LogP contribution in [0, 0.1) is 11.3 Å². The Kier molecular flexibility index (Phi) is 6.80. The SMILES string of the molecule is C[C@H](Oc1cc(-c2ccc(N3CCCCC3)nc2)c2c(C#N)cnn2c1)[C@@H](C)O.Cl. The fraction of sp³-hybridized carbons (Fsp3) is 0.409. The van der Waals surface area contributed by atoms with Gasteiger partial charge in [-0.25, -0.2) is 9.50 Å². The zero-order chi connectivity index (χ0) is 20.4. The van der Waals surface area contributed by atoms with Gasteiger partial charge in [-0.05, 0) is 51.3 Å². The summed E-state index contributed by atoms with van der Waals surface area (Å²) in [6.07, 6.45) is 7.83. The van der Waals surface area contributed by atoms with Crippen LogP contribution in [0.1, 0.15) is 38.7 Å². The van der Waals surface area contributed by atoms with Gasteiger partial charge in [0.2, 0.25) is 0 Å². The van der Waals surface area contributed by atoms with E-state index in [2.05, 4.69) is 21.1 Å². The van der Waals surface area contributed by atoms with Crippen molar-refractivity contribution in [1.82, 2.24) is 14.6 Å². The van der Waals surface area contributed by atoms with Crippen molar-refractivity contribution in [3.8, 4) is 22.9 Å². The topological polar surface area (TPSA) is 86.7 Å². The molecule has 8 heteroatoms. The fourth-order valence-electron chi connectivity index (χ4n) is 3.63. The molecule has 1 N–H and O–H groups in total. The molecule has 1 fully saturated rings. The predicted octanol–water partition coefficient (Wildman–Crippen LogP) is 3.83. The molecule has 3 aromatic rings. The molecule has 0 amide bonds. The minimum absolute atomic E-state index is 0. The Hall–Kier alpha value is -2.82. The monoisotopic (exact) mass is 427 g/mol. The van der Waals surface area contributed by atoms with Gasteiger partial charge in [0, 0.05) is 30.4 Å². The lowest BCUT2D eigenvalue weighted by atomic mass is 10.0. The third kappa shape index (κ3) is 4.35. The number of aliphatic hydroxyl groups excluding tert-OH is 1. The standard InChI is InChI=1S/C22H25N5O2.ClH/c1-15(28)16(2)29-19-10-20(22-18(11-23)13-25-27(22)14-19)17-6-7-21(24-12-17)26-8-4-3-5-9-26;/h6-7,10,12-16,28H,3-5,8-9H2,1-2H3;1H/t15-,16+;/m1./s1. The van der Waals surface area contributed by atoms with Gasteiger partial charge in [0.15, 0.2) is 0 Å². The zero-order valence-corrected chi connectivity index (χ0v) is 18.0. The highest BCUT2D eigenvalue weighted by Gasteiger charge is 2.17. The average Bonchev–Trinajstić information content (AvgIpc) is 3.17. The minimum atomic E-state index is -0.605. The van der Waals surface area contributed by atoms with Crippen LogP contribution in [0.2, 0.25) is 0 Å². The maximum absolute atomic E-state index is 9.77. The van der Waals surface area contributed by atoms with Crippen molar-refractivity contribution in [2.75, 3.05) is 18.0 Å². The number of fused-ring (bicyclic) bond motifs is 1. The van der Waals surface area contributed by atoms with E-state index >= 15 is 0 Å². The summed E-state index contributed by atoms with van der Waals surface area (Å²) in [6, 6.07) is 8.16. The molecule has 0 radical (unpaired) electrons. The number of anilines is 1. The molecule has 4 rings (SSSR count). The second kappa shape index (κ2) is 9.33. The van der Waals surface area contributed by atoms with E-state index in [-0.39, 0.29) is 18.5 Å². The van der Waals surface area contributed by atoms with E-state index in [1.165, 1.54) is 19.3 Å². The molecule has 3 aromatic heterocycles. The Labute approximate surface area is 182 Å². The van der Waals surface area contributed by atoms with Gasteiger partial charge in [-0.1, -0.05) is 0 Å². The molecule has 1 aliphatic rings. The van der Waals surface area contributed by atoms with Crippen molar-refractivity contribution in [1.29, 1.82) is 5.26 Å². The van der Waals surface area contributed by atoms with Gasteiger partial charge in [0.1, 0.15) is 23.7 Å². The second-order valence-corrected chi connectivity index (χ2v) is 7.57. The molecule has 0 spiro atoms. The van der Waals surface area contributed by atoms with E-state index in [4.69, 9.17) is 4.74 Å². The number of hydrogen-bond acceptors (Lipinski definition) is 6. The molecule has 158 valence electrons. The number of aliphatic hydroxyl groups is 1. The second-order valence-electron chi connectivity index (χ2n) is 7.57. The Morgan fingerprint density at radius 2 is 1.93 bits per heavy atom. The largest absolute Gasteiger partial charge is 0.486 e. The molecule has 2 atom stereocenters. The number of nitriles is 1. The Balaban J connectivity index is 0.00000256. The third-order valence-electron chi connectivity index (χ3n) is 5.45. The first-order chi connectivity index (χ1) is 14.1. The lowest BCUT2D eigenvalue weighted by Gasteiger charge is -2.27. The molecule has 4 heterocycles. The first kappa shape index (κ1) is 21.9. The van der Waals surface area contributed by atoms with Crippen LogP contribution < -0.4 is 9.64 Å². The van der Waals surface area contributed by atoms with E-state index in [0.717, 1.165) is 35.6 Å².